The van der Waals surface area contributed by atoms with Crippen molar-refractivity contribution in [1.29, 1.82) is 0 Å². The fraction of sp³-hybridized carbons (Fsp3) is 0.0588. The lowest BCUT2D eigenvalue weighted by Crippen LogP contribution is -2.01. The SMILES string of the molecule is Cc1cc(C)c2ccc3ccc(-c4cccc(-c5nc(-c6ccccc6)nc(-c6ccccn6)n5)c4)nc3c2n1. The van der Waals surface area contributed by atoms with Crippen molar-refractivity contribution in [2.45, 2.75) is 13.8 Å². The highest BCUT2D eigenvalue weighted by molar-refractivity contribution is 6.04. The van der Waals surface area contributed by atoms with Crippen molar-refractivity contribution < 1.29 is 0 Å². The summed E-state index contributed by atoms with van der Waals surface area (Å²) in [6, 6.07) is 34.3. The molecule has 0 bridgehead atoms. The summed E-state index contributed by atoms with van der Waals surface area (Å²) >= 11 is 0. The van der Waals surface area contributed by atoms with Crippen LogP contribution in [-0.4, -0.2) is 29.9 Å². The van der Waals surface area contributed by atoms with Gasteiger partial charge in [0.2, 0.25) is 0 Å². The first kappa shape index (κ1) is 23.7. The molecule has 0 radical (unpaired) electrons. The van der Waals surface area contributed by atoms with Gasteiger partial charge in [0.25, 0.3) is 0 Å². The third-order valence-corrected chi connectivity index (χ3v) is 6.95. The number of benzene rings is 3. The van der Waals surface area contributed by atoms with Crippen molar-refractivity contribution in [3.8, 4) is 45.6 Å². The van der Waals surface area contributed by atoms with E-state index in [0.29, 0.717) is 23.2 Å². The largest absolute Gasteiger partial charge is 0.253 e. The van der Waals surface area contributed by atoms with Crippen LogP contribution in [0.2, 0.25) is 0 Å². The normalized spacial score (nSPS) is 11.2. The standard InChI is InChI=1S/C34H24N6/c1-21-19-22(2)36-31-27(21)16-14-23-15-17-28(37-30(23)31)25-11-8-12-26(20-25)33-38-32(24-9-4-3-5-10-24)39-34(40-33)29-13-6-7-18-35-29/h3-20H,1-2H3. The van der Waals surface area contributed by atoms with Crippen molar-refractivity contribution in [2.75, 3.05) is 0 Å². The Balaban J connectivity index is 1.37. The van der Waals surface area contributed by atoms with E-state index in [2.05, 4.69) is 54.4 Å². The third-order valence-electron chi connectivity index (χ3n) is 6.95. The van der Waals surface area contributed by atoms with Gasteiger partial charge in [-0.25, -0.2) is 19.9 Å². The van der Waals surface area contributed by atoms with Gasteiger partial charge in [-0.3, -0.25) is 9.97 Å². The van der Waals surface area contributed by atoms with Crippen LogP contribution in [0.25, 0.3) is 67.4 Å². The van der Waals surface area contributed by atoms with Crippen molar-refractivity contribution in [1.82, 2.24) is 29.9 Å². The quantitative estimate of drug-likeness (QED) is 0.224. The maximum absolute atomic E-state index is 5.10. The Morgan fingerprint density at radius 2 is 1.20 bits per heavy atom. The predicted octanol–water partition coefficient (Wildman–Crippen LogP) is 7.65. The third kappa shape index (κ3) is 4.35. The zero-order valence-corrected chi connectivity index (χ0v) is 22.1. The molecule has 40 heavy (non-hydrogen) atoms. The molecule has 7 aromatic rings. The number of aromatic nitrogens is 6. The summed E-state index contributed by atoms with van der Waals surface area (Å²) in [5.74, 6) is 1.71. The molecular weight excluding hydrogens is 492 g/mol. The van der Waals surface area contributed by atoms with E-state index in [0.717, 1.165) is 49.9 Å². The van der Waals surface area contributed by atoms with E-state index >= 15 is 0 Å². The Bertz CT molecular complexity index is 1960. The van der Waals surface area contributed by atoms with Gasteiger partial charge < -0.3 is 0 Å². The number of nitrogens with zero attached hydrogens (tertiary/aromatic N) is 6. The maximum atomic E-state index is 5.10. The van der Waals surface area contributed by atoms with Gasteiger partial charge in [-0.15, -0.1) is 0 Å². The van der Waals surface area contributed by atoms with Crippen LogP contribution >= 0.6 is 0 Å². The van der Waals surface area contributed by atoms with Crippen molar-refractivity contribution in [3.05, 3.63) is 121 Å². The number of aryl methyl sites for hydroxylation is 2. The van der Waals surface area contributed by atoms with Crippen molar-refractivity contribution >= 4 is 21.8 Å². The van der Waals surface area contributed by atoms with Gasteiger partial charge in [0.15, 0.2) is 17.5 Å². The Hall–Kier alpha value is -5.36. The van der Waals surface area contributed by atoms with Gasteiger partial charge in [0.1, 0.15) is 5.69 Å². The molecule has 0 aliphatic heterocycles. The van der Waals surface area contributed by atoms with Crippen LogP contribution in [0.5, 0.6) is 0 Å². The Morgan fingerprint density at radius 3 is 2.02 bits per heavy atom. The van der Waals surface area contributed by atoms with E-state index in [9.17, 15) is 0 Å². The summed E-state index contributed by atoms with van der Waals surface area (Å²) < 4.78 is 0. The van der Waals surface area contributed by atoms with Crippen LogP contribution in [0, 0.1) is 13.8 Å². The molecule has 0 saturated heterocycles. The summed E-state index contributed by atoms with van der Waals surface area (Å²) in [5.41, 5.74) is 8.34. The highest BCUT2D eigenvalue weighted by Crippen LogP contribution is 2.30. The molecule has 4 heterocycles. The second-order valence-corrected chi connectivity index (χ2v) is 9.78. The van der Waals surface area contributed by atoms with Crippen LogP contribution in [0.4, 0.5) is 0 Å². The second kappa shape index (κ2) is 9.75. The fourth-order valence-electron chi connectivity index (χ4n) is 5.01. The zero-order chi connectivity index (χ0) is 27.1. The minimum atomic E-state index is 0.530. The highest BCUT2D eigenvalue weighted by atomic mass is 15.0. The number of pyridine rings is 3. The summed E-state index contributed by atoms with van der Waals surface area (Å²) in [6.45, 7) is 4.14. The minimum absolute atomic E-state index is 0.530. The van der Waals surface area contributed by atoms with Gasteiger partial charge >= 0.3 is 0 Å². The van der Waals surface area contributed by atoms with E-state index in [1.807, 2.05) is 67.6 Å². The van der Waals surface area contributed by atoms with Gasteiger partial charge in [0, 0.05) is 39.4 Å². The molecule has 0 spiro atoms. The fourth-order valence-corrected chi connectivity index (χ4v) is 5.01. The molecule has 4 aromatic heterocycles. The zero-order valence-electron chi connectivity index (χ0n) is 22.1. The molecule has 0 amide bonds. The first-order chi connectivity index (χ1) is 19.6. The number of hydrogen-bond donors (Lipinski definition) is 0. The monoisotopic (exact) mass is 516 g/mol. The van der Waals surface area contributed by atoms with Gasteiger partial charge in [-0.05, 0) is 49.7 Å². The molecule has 190 valence electrons. The predicted molar refractivity (Wildman–Crippen MR) is 159 cm³/mol. The van der Waals surface area contributed by atoms with Crippen molar-refractivity contribution in [3.63, 3.8) is 0 Å². The summed E-state index contributed by atoms with van der Waals surface area (Å²) in [6.07, 6.45) is 1.74. The van der Waals surface area contributed by atoms with Crippen LogP contribution in [0.1, 0.15) is 11.3 Å². The smallest absolute Gasteiger partial charge is 0.182 e. The average molecular weight is 517 g/mol. The average Bonchev–Trinajstić information content (AvgIpc) is 3.01. The molecule has 0 atom stereocenters. The molecule has 3 aromatic carbocycles. The summed E-state index contributed by atoms with van der Waals surface area (Å²) in [7, 11) is 0. The van der Waals surface area contributed by atoms with Gasteiger partial charge in [0.05, 0.1) is 16.7 Å². The molecule has 0 unspecified atom stereocenters. The van der Waals surface area contributed by atoms with E-state index in [1.54, 1.807) is 6.20 Å². The van der Waals surface area contributed by atoms with Gasteiger partial charge in [-0.2, -0.15) is 0 Å². The molecule has 0 aliphatic rings. The summed E-state index contributed by atoms with van der Waals surface area (Å²) in [4.78, 5) is 28.9. The second-order valence-electron chi connectivity index (χ2n) is 9.78. The molecule has 7 rings (SSSR count). The van der Waals surface area contributed by atoms with Gasteiger partial charge in [-0.1, -0.05) is 72.8 Å². The Morgan fingerprint density at radius 1 is 0.475 bits per heavy atom. The lowest BCUT2D eigenvalue weighted by Gasteiger charge is -2.10. The molecular formula is C34H24N6. The van der Waals surface area contributed by atoms with Crippen LogP contribution in [-0.2, 0) is 0 Å². The first-order valence-corrected chi connectivity index (χ1v) is 13.1. The number of hydrogen-bond acceptors (Lipinski definition) is 6. The molecule has 6 nitrogen and oxygen atoms in total. The Kier molecular flexibility index (Phi) is 5.78. The van der Waals surface area contributed by atoms with E-state index in [1.165, 1.54) is 5.56 Å². The Labute approximate surface area is 231 Å². The van der Waals surface area contributed by atoms with E-state index < -0.39 is 0 Å². The van der Waals surface area contributed by atoms with E-state index in [4.69, 9.17) is 24.9 Å². The molecule has 0 aliphatic carbocycles. The van der Waals surface area contributed by atoms with E-state index in [-0.39, 0.29) is 0 Å². The van der Waals surface area contributed by atoms with Crippen LogP contribution in [0.3, 0.4) is 0 Å². The van der Waals surface area contributed by atoms with Crippen LogP contribution < -0.4 is 0 Å². The lowest BCUT2D eigenvalue weighted by atomic mass is 10.0. The lowest BCUT2D eigenvalue weighted by molar-refractivity contribution is 1.06. The molecule has 6 heteroatoms. The molecule has 0 saturated carbocycles. The molecule has 0 fully saturated rings. The molecule has 0 N–H and O–H groups in total. The first-order valence-electron chi connectivity index (χ1n) is 13.1. The number of rotatable bonds is 4. The highest BCUT2D eigenvalue weighted by Gasteiger charge is 2.14. The number of fused-ring (bicyclic) bond motifs is 3. The summed E-state index contributed by atoms with van der Waals surface area (Å²) in [5, 5.41) is 2.19. The maximum Gasteiger partial charge on any atom is 0.182 e. The topological polar surface area (TPSA) is 77.3 Å². The minimum Gasteiger partial charge on any atom is -0.253 e. The van der Waals surface area contributed by atoms with Crippen molar-refractivity contribution in [2.24, 2.45) is 0 Å². The van der Waals surface area contributed by atoms with Crippen LogP contribution in [0.15, 0.2) is 109 Å².